The predicted octanol–water partition coefficient (Wildman–Crippen LogP) is 19.2. The van der Waals surface area contributed by atoms with Crippen LogP contribution in [0, 0.1) is 17.8 Å². The van der Waals surface area contributed by atoms with Gasteiger partial charge in [0.15, 0.2) is 22.8 Å². The molecule has 0 fully saturated rings. The van der Waals surface area contributed by atoms with Gasteiger partial charge in [0.25, 0.3) is 0 Å². The standard InChI is InChI=1S/3C23H41O3P.Fe/c3*1-4-7-9-10-11-12-13-15-22-16-18-23(19-17-22)27(24,25)26-20-21(6-3)14-8-5-2;/h3*16-19,21H,4-15,20H2,1-3H3,(H,24,25);/q;;;+3/p-3. The summed E-state index contributed by atoms with van der Waals surface area (Å²) in [6.45, 7) is 20.4. The van der Waals surface area contributed by atoms with E-state index in [9.17, 15) is 28.4 Å². The molecule has 0 saturated carbocycles. The molecular formula is C69H120FeO9P3. The first-order valence-corrected chi connectivity index (χ1v) is 37.9. The Balaban J connectivity index is 0.00000119. The van der Waals surface area contributed by atoms with Gasteiger partial charge in [-0.1, -0.05) is 308 Å². The van der Waals surface area contributed by atoms with Crippen molar-refractivity contribution in [3.8, 4) is 0 Å². The Hall–Kier alpha value is -1.37. The molecule has 0 heterocycles. The zero-order chi connectivity index (χ0) is 59.9. The number of benzene rings is 3. The summed E-state index contributed by atoms with van der Waals surface area (Å²) in [7, 11) is -11.9. The van der Waals surface area contributed by atoms with Crippen LogP contribution >= 0.6 is 22.8 Å². The summed E-state index contributed by atoms with van der Waals surface area (Å²) in [6.07, 6.45) is 42.9. The van der Waals surface area contributed by atoms with E-state index in [-0.39, 0.29) is 17.1 Å². The molecule has 0 N–H and O–H groups in total. The molecule has 0 bridgehead atoms. The van der Waals surface area contributed by atoms with Crippen molar-refractivity contribution >= 4 is 38.7 Å². The van der Waals surface area contributed by atoms with Gasteiger partial charge in [-0.2, -0.15) is 0 Å². The van der Waals surface area contributed by atoms with Crippen LogP contribution in [0.3, 0.4) is 0 Å². The Morgan fingerprint density at radius 3 is 0.695 bits per heavy atom. The molecule has 3 aromatic rings. The van der Waals surface area contributed by atoms with Crippen LogP contribution in [0.5, 0.6) is 0 Å². The molecule has 6 unspecified atom stereocenters. The summed E-state index contributed by atoms with van der Waals surface area (Å²) in [4.78, 5) is 37.3. The van der Waals surface area contributed by atoms with Crippen molar-refractivity contribution in [3.05, 3.63) is 89.5 Å². The van der Waals surface area contributed by atoms with Gasteiger partial charge < -0.3 is 41.9 Å². The minimum absolute atomic E-state index is 0. The Bertz CT molecular complexity index is 1820. The molecule has 1 radical (unpaired) electrons. The molecule has 0 aliphatic rings. The van der Waals surface area contributed by atoms with Gasteiger partial charge in [0.2, 0.25) is 0 Å². The third kappa shape index (κ3) is 39.4. The molecule has 0 spiro atoms. The maximum atomic E-state index is 12.4. The van der Waals surface area contributed by atoms with Gasteiger partial charge in [-0.25, -0.2) is 0 Å². The zero-order valence-corrected chi connectivity index (χ0v) is 57.4. The topological polar surface area (TPSA) is 148 Å². The Kier molecular flexibility index (Phi) is 50.8. The monoisotopic (exact) mass is 1240 g/mol. The predicted molar refractivity (Wildman–Crippen MR) is 344 cm³/mol. The summed E-state index contributed by atoms with van der Waals surface area (Å²) in [6, 6.07) is 21.9. The first kappa shape index (κ1) is 80.6. The normalized spacial score (nSPS) is 14.6. The molecule has 13 heteroatoms. The van der Waals surface area contributed by atoms with Gasteiger partial charge in [0, 0.05) is 15.9 Å². The van der Waals surface area contributed by atoms with E-state index in [0.717, 1.165) is 96.3 Å². The number of aryl methyl sites for hydroxylation is 3. The fourth-order valence-corrected chi connectivity index (χ4v) is 13.1. The van der Waals surface area contributed by atoms with Crippen molar-refractivity contribution in [1.82, 2.24) is 0 Å². The maximum absolute atomic E-state index is 12.4. The quantitative estimate of drug-likeness (QED) is 0.0306. The van der Waals surface area contributed by atoms with Crippen LogP contribution in [0.15, 0.2) is 72.8 Å². The summed E-state index contributed by atoms with van der Waals surface area (Å²) >= 11 is 0. The number of unbranched alkanes of at least 4 members (excludes halogenated alkanes) is 21. The average Bonchev–Trinajstić information content (AvgIpc) is 3.57. The van der Waals surface area contributed by atoms with E-state index in [1.807, 2.05) is 36.4 Å². The van der Waals surface area contributed by atoms with Crippen molar-refractivity contribution in [3.63, 3.8) is 0 Å². The molecule has 0 aliphatic heterocycles. The molecule has 3 aromatic carbocycles. The number of hydrogen-bond acceptors (Lipinski definition) is 9. The van der Waals surface area contributed by atoms with Gasteiger partial charge in [0.05, 0.1) is 19.8 Å². The molecular weight excluding hydrogens is 1120 g/mol. The Morgan fingerprint density at radius 2 is 0.500 bits per heavy atom. The van der Waals surface area contributed by atoms with Gasteiger partial charge in [-0.3, -0.25) is 0 Å². The Labute approximate surface area is 515 Å². The van der Waals surface area contributed by atoms with E-state index >= 15 is 0 Å². The van der Waals surface area contributed by atoms with Crippen LogP contribution in [-0.4, -0.2) is 19.8 Å². The summed E-state index contributed by atoms with van der Waals surface area (Å²) in [5, 5.41) is 0.906. The van der Waals surface area contributed by atoms with Crippen LogP contribution in [0.25, 0.3) is 0 Å². The summed E-state index contributed by atoms with van der Waals surface area (Å²) < 4.78 is 53.3. The molecule has 82 heavy (non-hydrogen) atoms. The molecule has 3 rings (SSSR count). The van der Waals surface area contributed by atoms with Crippen LogP contribution in [0.4, 0.5) is 0 Å². The average molecular weight is 1240 g/mol. The molecule has 0 amide bonds. The summed E-state index contributed by atoms with van der Waals surface area (Å²) in [5.41, 5.74) is 3.63. The molecule has 0 aromatic heterocycles. The van der Waals surface area contributed by atoms with Crippen LogP contribution in [0.1, 0.15) is 291 Å². The number of rotatable bonds is 48. The van der Waals surface area contributed by atoms with Crippen LogP contribution < -0.4 is 30.6 Å². The zero-order valence-electron chi connectivity index (χ0n) is 53.6. The fraction of sp³-hybridized carbons (Fsp3) is 0.739. The molecule has 0 saturated heterocycles. The van der Waals surface area contributed by atoms with Crippen LogP contribution in [-0.2, 0) is 63.6 Å². The summed E-state index contributed by atoms with van der Waals surface area (Å²) in [5.74, 6) is 0.969. The van der Waals surface area contributed by atoms with Gasteiger partial charge in [-0.15, -0.1) is 0 Å². The van der Waals surface area contributed by atoms with Crippen molar-refractivity contribution in [1.29, 1.82) is 0 Å². The van der Waals surface area contributed by atoms with Crippen molar-refractivity contribution in [2.45, 2.75) is 293 Å². The smallest absolute Gasteiger partial charge is 0.775 e. The SMILES string of the molecule is CCCCCCCCCc1ccc(P(=O)([O-])OCC(CC)CCCC)cc1.CCCCCCCCCc1ccc(P(=O)([O-])OCC(CC)CCCC)cc1.CCCCCCCCCc1ccc(P(=O)([O-])OCC(CC)CCCC)cc1.[Fe+3]. The maximum Gasteiger partial charge on any atom is 3.00 e. The van der Waals surface area contributed by atoms with Gasteiger partial charge >= 0.3 is 17.1 Å². The molecule has 6 atom stereocenters. The Morgan fingerprint density at radius 1 is 0.305 bits per heavy atom. The van der Waals surface area contributed by atoms with Crippen molar-refractivity contribution < 1.29 is 59.0 Å². The van der Waals surface area contributed by atoms with E-state index in [1.54, 1.807) is 36.4 Å². The molecule has 0 aliphatic carbocycles. The van der Waals surface area contributed by atoms with Crippen LogP contribution in [0.2, 0.25) is 0 Å². The largest absolute Gasteiger partial charge is 3.00 e. The second kappa shape index (κ2) is 51.7. The first-order valence-electron chi connectivity index (χ1n) is 33.2. The van der Waals surface area contributed by atoms with Gasteiger partial charge in [0.1, 0.15) is 0 Å². The van der Waals surface area contributed by atoms with Gasteiger partial charge in [-0.05, 0) is 92.2 Å². The second-order valence-electron chi connectivity index (χ2n) is 23.2. The third-order valence-electron chi connectivity index (χ3n) is 16.0. The second-order valence-corrected chi connectivity index (χ2v) is 28.6. The van der Waals surface area contributed by atoms with E-state index in [0.29, 0.717) is 53.5 Å². The van der Waals surface area contributed by atoms with Crippen molar-refractivity contribution in [2.24, 2.45) is 17.8 Å². The molecule has 9 nitrogen and oxygen atoms in total. The van der Waals surface area contributed by atoms with Crippen molar-refractivity contribution in [2.75, 3.05) is 19.8 Å². The fourth-order valence-electron chi connectivity index (χ4n) is 9.92. The third-order valence-corrected chi connectivity index (χ3v) is 20.3. The minimum atomic E-state index is -3.96. The first-order chi connectivity index (χ1) is 39.1. The van der Waals surface area contributed by atoms with E-state index in [2.05, 4.69) is 62.3 Å². The van der Waals surface area contributed by atoms with E-state index < -0.39 is 22.8 Å². The van der Waals surface area contributed by atoms with E-state index in [4.69, 9.17) is 13.6 Å². The minimum Gasteiger partial charge on any atom is -0.775 e. The van der Waals surface area contributed by atoms with E-state index in [1.165, 1.54) is 152 Å². The molecule has 473 valence electrons. The number of hydrogen-bond donors (Lipinski definition) is 0.